The fourth-order valence-electron chi connectivity index (χ4n) is 3.24. The van der Waals surface area contributed by atoms with Crippen molar-refractivity contribution in [2.75, 3.05) is 6.54 Å². The lowest BCUT2D eigenvalue weighted by Crippen LogP contribution is -2.49. The molecule has 2 heteroatoms. The molecule has 0 radical (unpaired) electrons. The number of Topliss-reactive ketones (excluding diaryl/α,β-unsaturated/α-hetero) is 1. The van der Waals surface area contributed by atoms with Crippen molar-refractivity contribution in [2.24, 2.45) is 5.92 Å². The minimum atomic E-state index is -0.0201. The maximum absolute atomic E-state index is 12.8. The number of nitrogens with zero attached hydrogens (tertiary/aromatic N) is 1. The average molecular weight is 273 g/mol. The number of piperidine rings is 1. The van der Waals surface area contributed by atoms with Gasteiger partial charge in [-0.2, -0.15) is 0 Å². The smallest absolute Gasteiger partial charge is 0.179 e. The van der Waals surface area contributed by atoms with Crippen LogP contribution in [0.5, 0.6) is 0 Å². The van der Waals surface area contributed by atoms with Crippen LogP contribution in [-0.2, 0) is 0 Å². The highest BCUT2D eigenvalue weighted by molar-refractivity contribution is 6.01. The highest BCUT2D eigenvalue weighted by atomic mass is 16.1. The topological polar surface area (TPSA) is 20.3 Å². The van der Waals surface area contributed by atoms with Crippen molar-refractivity contribution in [3.63, 3.8) is 0 Å². The fourth-order valence-corrected chi connectivity index (χ4v) is 3.24. The Morgan fingerprint density at radius 3 is 2.65 bits per heavy atom. The molecule has 0 spiro atoms. The molecule has 20 heavy (non-hydrogen) atoms. The van der Waals surface area contributed by atoms with Crippen LogP contribution in [0.25, 0.3) is 0 Å². The Hall–Kier alpha value is -1.15. The van der Waals surface area contributed by atoms with Crippen LogP contribution < -0.4 is 0 Å². The van der Waals surface area contributed by atoms with Crippen LogP contribution in [0.1, 0.15) is 55.1 Å². The van der Waals surface area contributed by atoms with Gasteiger partial charge >= 0.3 is 0 Å². The van der Waals surface area contributed by atoms with Gasteiger partial charge in [0.2, 0.25) is 0 Å². The van der Waals surface area contributed by atoms with E-state index in [4.69, 9.17) is 0 Å². The van der Waals surface area contributed by atoms with Crippen LogP contribution in [0.3, 0.4) is 0 Å². The Balaban J connectivity index is 2.21. The Morgan fingerprint density at radius 1 is 1.25 bits per heavy atom. The number of aryl methyl sites for hydroxylation is 2. The number of benzene rings is 1. The quantitative estimate of drug-likeness (QED) is 0.776. The number of hydrogen-bond acceptors (Lipinski definition) is 2. The number of carbonyl (C=O) groups is 1. The first-order valence-electron chi connectivity index (χ1n) is 7.77. The minimum Gasteiger partial charge on any atom is -0.292 e. The second-order valence-electron chi connectivity index (χ2n) is 6.59. The van der Waals surface area contributed by atoms with E-state index >= 15 is 0 Å². The molecule has 0 aromatic heterocycles. The number of carbonyl (C=O) groups excluding carboxylic acids is 1. The number of ketones is 1. The van der Waals surface area contributed by atoms with Crippen molar-refractivity contribution in [1.29, 1.82) is 0 Å². The van der Waals surface area contributed by atoms with Gasteiger partial charge in [0.25, 0.3) is 0 Å². The zero-order valence-corrected chi connectivity index (χ0v) is 13.4. The average Bonchev–Trinajstić information content (AvgIpc) is 2.42. The summed E-state index contributed by atoms with van der Waals surface area (Å²) in [6, 6.07) is 6.65. The molecule has 3 atom stereocenters. The van der Waals surface area contributed by atoms with Gasteiger partial charge in [-0.3, -0.25) is 9.69 Å². The van der Waals surface area contributed by atoms with Crippen LogP contribution in [-0.4, -0.2) is 29.3 Å². The molecule has 110 valence electrons. The third-order valence-corrected chi connectivity index (χ3v) is 4.70. The first-order valence-corrected chi connectivity index (χ1v) is 7.77. The standard InChI is InChI=1S/C18H27NO/c1-12-6-8-14(3)17(10-12)18(20)16(5)19-11-13(2)7-9-15(19)4/h6,8,10,13,15-16H,7,9,11H2,1-5H3. The van der Waals surface area contributed by atoms with E-state index in [0.29, 0.717) is 12.0 Å². The molecule has 0 bridgehead atoms. The molecule has 1 aromatic rings. The maximum Gasteiger partial charge on any atom is 0.179 e. The molecule has 1 saturated heterocycles. The highest BCUT2D eigenvalue weighted by Gasteiger charge is 2.31. The van der Waals surface area contributed by atoms with Crippen LogP contribution in [0, 0.1) is 19.8 Å². The van der Waals surface area contributed by atoms with Crippen LogP contribution in [0.15, 0.2) is 18.2 Å². The second-order valence-corrected chi connectivity index (χ2v) is 6.59. The predicted molar refractivity (Wildman–Crippen MR) is 84.3 cm³/mol. The molecule has 2 nitrogen and oxygen atoms in total. The first-order chi connectivity index (χ1) is 9.40. The fraction of sp³-hybridized carbons (Fsp3) is 0.611. The summed E-state index contributed by atoms with van der Waals surface area (Å²) in [5, 5.41) is 0. The largest absolute Gasteiger partial charge is 0.292 e. The maximum atomic E-state index is 12.8. The molecule has 0 N–H and O–H groups in total. The Bertz CT molecular complexity index is 494. The number of hydrogen-bond donors (Lipinski definition) is 0. The summed E-state index contributed by atoms with van der Waals surface area (Å²) in [6.07, 6.45) is 2.48. The molecule has 1 aliphatic rings. The van der Waals surface area contributed by atoms with Crippen LogP contribution in [0.2, 0.25) is 0 Å². The van der Waals surface area contributed by atoms with E-state index in [1.54, 1.807) is 0 Å². The molecule has 3 unspecified atom stereocenters. The summed E-state index contributed by atoms with van der Waals surface area (Å²) in [4.78, 5) is 15.2. The van der Waals surface area contributed by atoms with Gasteiger partial charge in [-0.25, -0.2) is 0 Å². The molecule has 2 rings (SSSR count). The summed E-state index contributed by atoms with van der Waals surface area (Å²) in [5.41, 5.74) is 3.14. The summed E-state index contributed by atoms with van der Waals surface area (Å²) >= 11 is 0. The second kappa shape index (κ2) is 6.09. The predicted octanol–water partition coefficient (Wildman–Crippen LogP) is 4.00. The van der Waals surface area contributed by atoms with Gasteiger partial charge in [0.15, 0.2) is 5.78 Å². The Labute approximate surface area is 123 Å². The van der Waals surface area contributed by atoms with Crippen molar-refractivity contribution < 1.29 is 4.79 Å². The molecule has 0 saturated carbocycles. The van der Waals surface area contributed by atoms with E-state index in [2.05, 4.69) is 37.8 Å². The lowest BCUT2D eigenvalue weighted by Gasteiger charge is -2.40. The zero-order valence-electron chi connectivity index (χ0n) is 13.4. The number of likely N-dealkylation sites (tertiary alicyclic amines) is 1. The highest BCUT2D eigenvalue weighted by Crippen LogP contribution is 2.25. The van der Waals surface area contributed by atoms with Crippen molar-refractivity contribution >= 4 is 5.78 Å². The molecule has 0 amide bonds. The van der Waals surface area contributed by atoms with Gasteiger partial charge in [0, 0.05) is 18.2 Å². The van der Waals surface area contributed by atoms with Crippen molar-refractivity contribution in [3.05, 3.63) is 34.9 Å². The van der Waals surface area contributed by atoms with Gasteiger partial charge in [-0.15, -0.1) is 0 Å². The van der Waals surface area contributed by atoms with E-state index in [1.807, 2.05) is 19.9 Å². The zero-order chi connectivity index (χ0) is 14.9. The molecule has 1 aromatic carbocycles. The molecular formula is C18H27NO. The van der Waals surface area contributed by atoms with Crippen molar-refractivity contribution in [3.8, 4) is 0 Å². The van der Waals surface area contributed by atoms with Gasteiger partial charge < -0.3 is 0 Å². The van der Waals surface area contributed by atoms with E-state index in [1.165, 1.54) is 12.8 Å². The summed E-state index contributed by atoms with van der Waals surface area (Å²) < 4.78 is 0. The molecule has 0 aliphatic carbocycles. The summed E-state index contributed by atoms with van der Waals surface area (Å²) in [6.45, 7) is 11.7. The van der Waals surface area contributed by atoms with Crippen molar-refractivity contribution in [2.45, 2.75) is 59.5 Å². The third-order valence-electron chi connectivity index (χ3n) is 4.70. The molecular weight excluding hydrogens is 246 g/mol. The lowest BCUT2D eigenvalue weighted by atomic mass is 9.91. The molecule has 1 aliphatic heterocycles. The van der Waals surface area contributed by atoms with Gasteiger partial charge in [-0.05, 0) is 58.1 Å². The Kier molecular flexibility index (Phi) is 4.64. The normalized spacial score (nSPS) is 25.4. The summed E-state index contributed by atoms with van der Waals surface area (Å²) in [7, 11) is 0. The van der Waals surface area contributed by atoms with E-state index < -0.39 is 0 Å². The van der Waals surface area contributed by atoms with Crippen LogP contribution >= 0.6 is 0 Å². The van der Waals surface area contributed by atoms with Crippen LogP contribution in [0.4, 0.5) is 0 Å². The molecule has 1 fully saturated rings. The van der Waals surface area contributed by atoms with Gasteiger partial charge in [-0.1, -0.05) is 24.6 Å². The van der Waals surface area contributed by atoms with E-state index in [9.17, 15) is 4.79 Å². The van der Waals surface area contributed by atoms with E-state index in [0.717, 1.165) is 23.2 Å². The third kappa shape index (κ3) is 3.12. The van der Waals surface area contributed by atoms with E-state index in [-0.39, 0.29) is 11.8 Å². The minimum absolute atomic E-state index is 0.0201. The molecule has 1 heterocycles. The summed E-state index contributed by atoms with van der Waals surface area (Å²) in [5.74, 6) is 0.965. The SMILES string of the molecule is Cc1ccc(C)c(C(=O)C(C)N2CC(C)CCC2C)c1. The van der Waals surface area contributed by atoms with Gasteiger partial charge in [0.05, 0.1) is 6.04 Å². The lowest BCUT2D eigenvalue weighted by molar-refractivity contribution is 0.0607. The van der Waals surface area contributed by atoms with Gasteiger partial charge in [0.1, 0.15) is 0 Å². The Morgan fingerprint density at radius 2 is 1.95 bits per heavy atom. The number of rotatable bonds is 3. The first kappa shape index (κ1) is 15.2. The van der Waals surface area contributed by atoms with Crippen molar-refractivity contribution in [1.82, 2.24) is 4.90 Å². The monoisotopic (exact) mass is 273 g/mol.